The number of anilines is 1. The molecule has 3 aromatic rings. The summed E-state index contributed by atoms with van der Waals surface area (Å²) in [5.41, 5.74) is 6.49. The molecule has 6 nitrogen and oxygen atoms in total. The first-order valence-corrected chi connectivity index (χ1v) is 15.6. The topological polar surface area (TPSA) is 57.9 Å². The van der Waals surface area contributed by atoms with Gasteiger partial charge in [-0.1, -0.05) is 43.9 Å². The number of aromatic nitrogens is 1. The van der Waals surface area contributed by atoms with Gasteiger partial charge in [-0.05, 0) is 87.5 Å². The van der Waals surface area contributed by atoms with Gasteiger partial charge in [-0.25, -0.2) is 4.79 Å². The van der Waals surface area contributed by atoms with Gasteiger partial charge in [0.05, 0.1) is 11.3 Å². The van der Waals surface area contributed by atoms with Crippen molar-refractivity contribution in [1.29, 1.82) is 0 Å². The fraction of sp³-hybridized carbons (Fsp3) is 0.545. The third kappa shape index (κ3) is 6.19. The first kappa shape index (κ1) is 29.0. The monoisotopic (exact) mass is 565 g/mol. The number of rotatable bonds is 12. The van der Waals surface area contributed by atoms with Gasteiger partial charge >= 0.3 is 5.97 Å². The molecule has 0 radical (unpaired) electrons. The second-order valence-electron chi connectivity index (χ2n) is 11.3. The molecule has 1 saturated carbocycles. The van der Waals surface area contributed by atoms with Gasteiger partial charge in [0.15, 0.2) is 0 Å². The number of carbonyl (C=O) groups is 1. The molecule has 7 heteroatoms. The van der Waals surface area contributed by atoms with Crippen molar-refractivity contribution in [2.45, 2.75) is 71.3 Å². The fourth-order valence-electron chi connectivity index (χ4n) is 6.82. The van der Waals surface area contributed by atoms with Gasteiger partial charge < -0.3 is 24.2 Å². The lowest BCUT2D eigenvalue weighted by Crippen LogP contribution is -2.32. The largest absolute Gasteiger partial charge is 0.478 e. The minimum atomic E-state index is -0.874. The molecule has 0 amide bonds. The number of halogens is 1. The predicted octanol–water partition coefficient (Wildman–Crippen LogP) is 7.67. The molecule has 216 valence electrons. The molecule has 2 aromatic carbocycles. The van der Waals surface area contributed by atoms with Gasteiger partial charge in [-0.2, -0.15) is 0 Å². The second kappa shape index (κ2) is 13.4. The van der Waals surface area contributed by atoms with E-state index in [4.69, 9.17) is 16.3 Å². The molecule has 0 spiro atoms. The number of hydrogen-bond acceptors (Lipinski definition) is 4. The summed E-state index contributed by atoms with van der Waals surface area (Å²) in [7, 11) is 0. The van der Waals surface area contributed by atoms with Crippen LogP contribution in [0.25, 0.3) is 22.2 Å². The Bertz CT molecular complexity index is 1310. The van der Waals surface area contributed by atoms with Crippen molar-refractivity contribution in [1.82, 2.24) is 9.47 Å². The van der Waals surface area contributed by atoms with Crippen molar-refractivity contribution < 1.29 is 14.6 Å². The molecule has 0 bridgehead atoms. The van der Waals surface area contributed by atoms with Crippen LogP contribution in [0.4, 0.5) is 5.69 Å². The maximum absolute atomic E-state index is 11.9. The summed E-state index contributed by atoms with van der Waals surface area (Å²) in [5, 5.41) is 11.8. The van der Waals surface area contributed by atoms with Crippen LogP contribution >= 0.6 is 11.6 Å². The van der Waals surface area contributed by atoms with Crippen LogP contribution in [0.3, 0.4) is 0 Å². The van der Waals surface area contributed by atoms with Crippen LogP contribution in [-0.4, -0.2) is 66.5 Å². The first-order valence-electron chi connectivity index (χ1n) is 15.3. The zero-order chi connectivity index (χ0) is 28.1. The van der Waals surface area contributed by atoms with Crippen LogP contribution in [0.5, 0.6) is 0 Å². The third-order valence-corrected chi connectivity index (χ3v) is 9.07. The summed E-state index contributed by atoms with van der Waals surface area (Å²) in [6.07, 6.45) is 8.32. The number of aromatic carboxylic acids is 1. The van der Waals surface area contributed by atoms with E-state index < -0.39 is 5.97 Å². The van der Waals surface area contributed by atoms with Crippen molar-refractivity contribution in [3.8, 4) is 11.3 Å². The number of carboxylic acids is 1. The zero-order valence-corrected chi connectivity index (χ0v) is 24.9. The average molecular weight is 566 g/mol. The van der Waals surface area contributed by atoms with Gasteiger partial charge in [-0.15, -0.1) is 0 Å². The van der Waals surface area contributed by atoms with E-state index in [1.54, 1.807) is 6.07 Å². The van der Waals surface area contributed by atoms with Crippen molar-refractivity contribution >= 4 is 34.2 Å². The zero-order valence-electron chi connectivity index (χ0n) is 24.1. The molecule has 2 aliphatic rings. The summed E-state index contributed by atoms with van der Waals surface area (Å²) in [6.45, 7) is 11.7. The highest BCUT2D eigenvalue weighted by Crippen LogP contribution is 2.47. The molecule has 40 heavy (non-hydrogen) atoms. The van der Waals surface area contributed by atoms with E-state index in [0.29, 0.717) is 11.5 Å². The van der Waals surface area contributed by atoms with Crippen LogP contribution in [-0.2, 0) is 11.3 Å². The highest BCUT2D eigenvalue weighted by Gasteiger charge is 2.30. The summed E-state index contributed by atoms with van der Waals surface area (Å²) in [5.74, 6) is -0.381. The highest BCUT2D eigenvalue weighted by molar-refractivity contribution is 6.31. The smallest absolute Gasteiger partial charge is 0.335 e. The van der Waals surface area contributed by atoms with Gasteiger partial charge in [0.2, 0.25) is 0 Å². The molecule has 0 atom stereocenters. The number of hydrogen-bond donors (Lipinski definition) is 1. The van der Waals surface area contributed by atoms with Gasteiger partial charge in [0.1, 0.15) is 0 Å². The lowest BCUT2D eigenvalue weighted by Gasteiger charge is -2.28. The molecular weight excluding hydrogens is 522 g/mol. The van der Waals surface area contributed by atoms with E-state index in [0.717, 1.165) is 75.9 Å². The Morgan fingerprint density at radius 3 is 2.60 bits per heavy atom. The molecule has 1 fully saturated rings. The maximum Gasteiger partial charge on any atom is 0.335 e. The van der Waals surface area contributed by atoms with Gasteiger partial charge in [0.25, 0.3) is 0 Å². The molecule has 1 N–H and O–H groups in total. The van der Waals surface area contributed by atoms with Crippen molar-refractivity contribution in [2.75, 3.05) is 50.8 Å². The molecule has 1 aliphatic carbocycles. The number of fused-ring (bicyclic) bond motifs is 5. The Labute approximate surface area is 243 Å². The highest BCUT2D eigenvalue weighted by atomic mass is 35.5. The van der Waals surface area contributed by atoms with E-state index in [1.807, 2.05) is 19.1 Å². The number of ether oxygens (including phenoxy) is 1. The standard InChI is InChI=1S/C33H44ClN3O3/c1-3-35(17-9-21-40-4-2)16-8-18-36-19-20-37-30-22-25(33(38)39)12-14-27(30)31(24-10-6-5-7-11-24)32(37)28-15-13-26(34)23-29(28)36/h12-15,22-24H,3-11,16-21H2,1-2H3,(H,38,39). The van der Waals surface area contributed by atoms with E-state index in [1.165, 1.54) is 60.0 Å². The maximum atomic E-state index is 11.9. The van der Waals surface area contributed by atoms with E-state index in [-0.39, 0.29) is 0 Å². The quantitative estimate of drug-likeness (QED) is 0.228. The van der Waals surface area contributed by atoms with Crippen LogP contribution in [0.1, 0.15) is 80.6 Å². The van der Waals surface area contributed by atoms with Crippen molar-refractivity contribution in [2.24, 2.45) is 0 Å². The Hall–Kier alpha value is -2.54. The summed E-state index contributed by atoms with van der Waals surface area (Å²) in [4.78, 5) is 16.9. The first-order chi connectivity index (χ1) is 19.5. The fourth-order valence-corrected chi connectivity index (χ4v) is 6.99. The molecule has 2 heterocycles. The molecule has 1 aliphatic heterocycles. The minimum absolute atomic E-state index is 0.351. The summed E-state index contributed by atoms with van der Waals surface area (Å²) in [6, 6.07) is 12.1. The van der Waals surface area contributed by atoms with Gasteiger partial charge in [0, 0.05) is 66.6 Å². The Morgan fingerprint density at radius 1 is 1.05 bits per heavy atom. The SMILES string of the molecule is CCOCCCN(CC)CCCN1CCn2c(c(C3CCCCC3)c3ccc(C(=O)O)cc32)-c2ccc(Cl)cc21. The predicted molar refractivity (Wildman–Crippen MR) is 165 cm³/mol. The van der Waals surface area contributed by atoms with E-state index in [9.17, 15) is 9.90 Å². The van der Waals surface area contributed by atoms with Crippen LogP contribution < -0.4 is 4.90 Å². The number of carboxylic acid groups (broad SMARTS) is 1. The Kier molecular flexibility index (Phi) is 9.72. The molecule has 0 saturated heterocycles. The van der Waals surface area contributed by atoms with Crippen LogP contribution in [0.15, 0.2) is 36.4 Å². The second-order valence-corrected chi connectivity index (χ2v) is 11.7. The van der Waals surface area contributed by atoms with Gasteiger partial charge in [-0.3, -0.25) is 0 Å². The van der Waals surface area contributed by atoms with Crippen molar-refractivity contribution in [3.05, 3.63) is 52.5 Å². The van der Waals surface area contributed by atoms with Crippen LogP contribution in [0.2, 0.25) is 5.02 Å². The minimum Gasteiger partial charge on any atom is -0.478 e. The molecule has 1 aromatic heterocycles. The normalized spacial score (nSPS) is 15.8. The summed E-state index contributed by atoms with van der Waals surface area (Å²) < 4.78 is 7.94. The van der Waals surface area contributed by atoms with Crippen LogP contribution in [0, 0.1) is 0 Å². The molecule has 0 unspecified atom stereocenters. The third-order valence-electron chi connectivity index (χ3n) is 8.83. The molecule has 5 rings (SSSR count). The van der Waals surface area contributed by atoms with Crippen molar-refractivity contribution in [3.63, 3.8) is 0 Å². The summed E-state index contributed by atoms with van der Waals surface area (Å²) >= 11 is 6.62. The molecular formula is C33H44ClN3O3. The Morgan fingerprint density at radius 2 is 1.85 bits per heavy atom. The van der Waals surface area contributed by atoms with E-state index >= 15 is 0 Å². The lowest BCUT2D eigenvalue weighted by molar-refractivity contribution is 0.0697. The Balaban J connectivity index is 1.49. The lowest BCUT2D eigenvalue weighted by atomic mass is 9.81. The van der Waals surface area contributed by atoms with E-state index in [2.05, 4.69) is 39.5 Å². The number of benzene rings is 2. The number of nitrogens with zero attached hydrogens (tertiary/aromatic N) is 3. The average Bonchev–Trinajstić information content (AvgIpc) is 3.20.